The fourth-order valence-corrected chi connectivity index (χ4v) is 4.15. The zero-order valence-corrected chi connectivity index (χ0v) is 20.9. The predicted octanol–water partition coefficient (Wildman–Crippen LogP) is 3.94. The van der Waals surface area contributed by atoms with Crippen LogP contribution < -0.4 is 10.6 Å². The van der Waals surface area contributed by atoms with Crippen LogP contribution in [0.15, 0.2) is 48.5 Å². The molecular weight excluding hydrogens is 448 g/mol. The number of hydrogen-bond donors (Lipinski definition) is 3. The first-order valence-electron chi connectivity index (χ1n) is 11.6. The molecule has 2 aromatic carbocycles. The third kappa shape index (κ3) is 6.19. The van der Waals surface area contributed by atoms with Gasteiger partial charge in [-0.05, 0) is 49.9 Å². The fraction of sp³-hybridized carbons (Fsp3) is 0.444. The van der Waals surface area contributed by atoms with E-state index in [1.807, 2.05) is 36.4 Å². The number of benzene rings is 2. The Kier molecular flexibility index (Phi) is 7.85. The zero-order valence-electron chi connectivity index (χ0n) is 20.9. The Bertz CT molecular complexity index is 1050. The second-order valence-corrected chi connectivity index (χ2v) is 10.1. The van der Waals surface area contributed by atoms with Gasteiger partial charge in [0.15, 0.2) is 0 Å². The first-order valence-corrected chi connectivity index (χ1v) is 11.6. The van der Waals surface area contributed by atoms with Crippen LogP contribution in [0.3, 0.4) is 0 Å². The SMILES string of the molecule is COC(C)(C)CC(NC(=O)C(C)(C)CNC(=O)OCC1c2ccccc2-c2ccccc21)C(=O)O. The molecule has 0 radical (unpaired) electrons. The molecule has 8 heteroatoms. The zero-order chi connectivity index (χ0) is 25.8. The van der Waals surface area contributed by atoms with Crippen molar-refractivity contribution in [2.24, 2.45) is 5.41 Å². The van der Waals surface area contributed by atoms with Gasteiger partial charge in [-0.2, -0.15) is 0 Å². The minimum atomic E-state index is -1.15. The van der Waals surface area contributed by atoms with Crippen molar-refractivity contribution in [3.63, 3.8) is 0 Å². The summed E-state index contributed by atoms with van der Waals surface area (Å²) in [5, 5.41) is 14.7. The number of hydrogen-bond acceptors (Lipinski definition) is 5. The van der Waals surface area contributed by atoms with Gasteiger partial charge < -0.3 is 25.2 Å². The average molecular weight is 483 g/mol. The van der Waals surface area contributed by atoms with Crippen LogP contribution in [0.1, 0.15) is 51.2 Å². The monoisotopic (exact) mass is 482 g/mol. The summed E-state index contributed by atoms with van der Waals surface area (Å²) in [6, 6.07) is 15.0. The van der Waals surface area contributed by atoms with E-state index >= 15 is 0 Å². The fourth-order valence-electron chi connectivity index (χ4n) is 4.15. The van der Waals surface area contributed by atoms with Crippen molar-refractivity contribution in [3.8, 4) is 11.1 Å². The maximum absolute atomic E-state index is 12.8. The molecule has 2 aromatic rings. The van der Waals surface area contributed by atoms with E-state index in [9.17, 15) is 19.5 Å². The second-order valence-electron chi connectivity index (χ2n) is 10.1. The number of carbonyl (C=O) groups excluding carboxylic acids is 2. The van der Waals surface area contributed by atoms with Gasteiger partial charge in [0, 0.05) is 26.0 Å². The molecule has 0 aliphatic heterocycles. The lowest BCUT2D eigenvalue weighted by molar-refractivity contribution is -0.145. The highest BCUT2D eigenvalue weighted by Crippen LogP contribution is 2.44. The maximum atomic E-state index is 12.8. The molecule has 35 heavy (non-hydrogen) atoms. The lowest BCUT2D eigenvalue weighted by Gasteiger charge is -2.30. The summed E-state index contributed by atoms with van der Waals surface area (Å²) in [5.41, 5.74) is 2.72. The molecule has 3 N–H and O–H groups in total. The van der Waals surface area contributed by atoms with E-state index in [1.165, 1.54) is 7.11 Å². The van der Waals surface area contributed by atoms with Gasteiger partial charge in [-0.25, -0.2) is 9.59 Å². The number of methoxy groups -OCH3 is 1. The van der Waals surface area contributed by atoms with Gasteiger partial charge >= 0.3 is 12.1 Å². The van der Waals surface area contributed by atoms with Gasteiger partial charge in [0.1, 0.15) is 12.6 Å². The standard InChI is InChI=1S/C27H34N2O6/c1-26(2,24(32)29-22(23(30)31)14-27(3,4)34-5)16-28-25(33)35-15-21-19-12-8-6-10-17(19)18-11-7-9-13-20(18)21/h6-13,21-22H,14-16H2,1-5H3,(H,28,33)(H,29,32)(H,30,31). The van der Waals surface area contributed by atoms with Crippen LogP contribution in [0.4, 0.5) is 4.79 Å². The largest absolute Gasteiger partial charge is 0.480 e. The molecule has 0 saturated carbocycles. The van der Waals surface area contributed by atoms with Crippen LogP contribution in [-0.2, 0) is 19.1 Å². The normalized spacial score (nSPS) is 14.0. The summed E-state index contributed by atoms with van der Waals surface area (Å²) in [6.45, 7) is 6.91. The van der Waals surface area contributed by atoms with E-state index in [0.717, 1.165) is 22.3 Å². The molecule has 188 valence electrons. The molecule has 3 rings (SSSR count). The number of carboxylic acids is 1. The van der Waals surface area contributed by atoms with E-state index in [2.05, 4.69) is 22.8 Å². The highest BCUT2D eigenvalue weighted by Gasteiger charge is 2.35. The highest BCUT2D eigenvalue weighted by molar-refractivity contribution is 5.87. The lowest BCUT2D eigenvalue weighted by Crippen LogP contribution is -2.52. The van der Waals surface area contributed by atoms with Crippen molar-refractivity contribution >= 4 is 18.0 Å². The Labute approximate surface area is 206 Å². The Morgan fingerprint density at radius 1 is 0.971 bits per heavy atom. The Morgan fingerprint density at radius 2 is 1.51 bits per heavy atom. The van der Waals surface area contributed by atoms with Crippen molar-refractivity contribution in [1.29, 1.82) is 0 Å². The van der Waals surface area contributed by atoms with Gasteiger partial charge in [-0.15, -0.1) is 0 Å². The number of aliphatic carboxylic acids is 1. The molecule has 1 aliphatic rings. The number of fused-ring (bicyclic) bond motifs is 3. The topological polar surface area (TPSA) is 114 Å². The summed E-state index contributed by atoms with van der Waals surface area (Å²) in [4.78, 5) is 36.9. The molecule has 1 aliphatic carbocycles. The molecule has 2 amide bonds. The van der Waals surface area contributed by atoms with Crippen molar-refractivity contribution in [2.45, 2.75) is 51.7 Å². The van der Waals surface area contributed by atoms with Gasteiger partial charge in [0.05, 0.1) is 11.0 Å². The molecule has 0 heterocycles. The molecule has 0 bridgehead atoms. The van der Waals surface area contributed by atoms with Gasteiger partial charge in [0.2, 0.25) is 5.91 Å². The number of carbonyl (C=O) groups is 3. The maximum Gasteiger partial charge on any atom is 0.407 e. The van der Waals surface area contributed by atoms with Gasteiger partial charge in [0.25, 0.3) is 0 Å². The average Bonchev–Trinajstić information content (AvgIpc) is 3.14. The molecule has 8 nitrogen and oxygen atoms in total. The lowest BCUT2D eigenvalue weighted by atomic mass is 9.90. The summed E-state index contributed by atoms with van der Waals surface area (Å²) in [7, 11) is 1.49. The molecular formula is C27H34N2O6. The molecule has 0 aromatic heterocycles. The first kappa shape index (κ1) is 26.2. The van der Waals surface area contributed by atoms with E-state index < -0.39 is 35.0 Å². The number of carboxylic acid groups (broad SMARTS) is 1. The van der Waals surface area contributed by atoms with Crippen LogP contribution in [0.2, 0.25) is 0 Å². The summed E-state index contributed by atoms with van der Waals surface area (Å²) in [6.07, 6.45) is -0.538. The quantitative estimate of drug-likeness (QED) is 0.473. The molecule has 1 atom stereocenters. The Balaban J connectivity index is 1.56. The molecule has 1 unspecified atom stereocenters. The number of ether oxygens (including phenoxy) is 2. The van der Waals surface area contributed by atoms with Crippen molar-refractivity contribution in [3.05, 3.63) is 59.7 Å². The third-order valence-corrected chi connectivity index (χ3v) is 6.48. The number of alkyl carbamates (subject to hydrolysis) is 1. The Morgan fingerprint density at radius 3 is 2.03 bits per heavy atom. The Hall–Kier alpha value is -3.39. The van der Waals surface area contributed by atoms with Crippen LogP contribution >= 0.6 is 0 Å². The van der Waals surface area contributed by atoms with E-state index in [1.54, 1.807) is 27.7 Å². The third-order valence-electron chi connectivity index (χ3n) is 6.48. The first-order chi connectivity index (χ1) is 16.4. The van der Waals surface area contributed by atoms with Gasteiger partial charge in [-0.1, -0.05) is 48.5 Å². The summed E-state index contributed by atoms with van der Waals surface area (Å²) < 4.78 is 10.8. The summed E-state index contributed by atoms with van der Waals surface area (Å²) in [5.74, 6) is -1.70. The summed E-state index contributed by atoms with van der Waals surface area (Å²) >= 11 is 0. The number of amides is 2. The highest BCUT2D eigenvalue weighted by atomic mass is 16.5. The van der Waals surface area contributed by atoms with Crippen molar-refractivity contribution in [1.82, 2.24) is 10.6 Å². The van der Waals surface area contributed by atoms with Crippen LogP contribution in [-0.4, -0.2) is 55.0 Å². The molecule has 0 spiro atoms. The van der Waals surface area contributed by atoms with E-state index in [0.29, 0.717) is 0 Å². The number of rotatable bonds is 10. The second kappa shape index (κ2) is 10.5. The minimum Gasteiger partial charge on any atom is -0.480 e. The van der Waals surface area contributed by atoms with E-state index in [4.69, 9.17) is 9.47 Å². The van der Waals surface area contributed by atoms with E-state index in [-0.39, 0.29) is 25.5 Å². The van der Waals surface area contributed by atoms with Crippen molar-refractivity contribution < 1.29 is 29.0 Å². The molecule has 0 fully saturated rings. The van der Waals surface area contributed by atoms with Crippen molar-refractivity contribution in [2.75, 3.05) is 20.3 Å². The minimum absolute atomic E-state index is 0.0183. The molecule has 0 saturated heterocycles. The van der Waals surface area contributed by atoms with Crippen LogP contribution in [0, 0.1) is 5.41 Å². The smallest absolute Gasteiger partial charge is 0.407 e. The predicted molar refractivity (Wildman–Crippen MR) is 132 cm³/mol. The van der Waals surface area contributed by atoms with Crippen LogP contribution in [0.5, 0.6) is 0 Å². The number of nitrogens with one attached hydrogen (secondary N) is 2. The van der Waals surface area contributed by atoms with Crippen LogP contribution in [0.25, 0.3) is 11.1 Å². The van der Waals surface area contributed by atoms with Gasteiger partial charge in [-0.3, -0.25) is 4.79 Å².